The average molecular weight is 291 g/mol. The Hall–Kier alpha value is -2.14. The maximum atomic E-state index is 12.3. The number of benzene rings is 1. The third-order valence-electron chi connectivity index (χ3n) is 2.63. The fraction of sp³-hybridized carbons (Fsp3) is 0.375. The SMILES string of the molecule is CCOC(=CC(=O)c1ccccc1)C(=O)N(CC)OCC. The van der Waals surface area contributed by atoms with E-state index in [1.165, 1.54) is 11.1 Å². The maximum absolute atomic E-state index is 12.3. The van der Waals surface area contributed by atoms with Crippen LogP contribution in [0.1, 0.15) is 31.1 Å². The molecule has 0 aliphatic carbocycles. The third kappa shape index (κ3) is 5.04. The highest BCUT2D eigenvalue weighted by atomic mass is 16.7. The van der Waals surface area contributed by atoms with Crippen LogP contribution in [-0.2, 0) is 14.4 Å². The number of nitrogens with zero attached hydrogens (tertiary/aromatic N) is 1. The highest BCUT2D eigenvalue weighted by Gasteiger charge is 2.20. The van der Waals surface area contributed by atoms with Crippen molar-refractivity contribution in [1.29, 1.82) is 0 Å². The standard InChI is InChI=1S/C16H21NO4/c1-4-17(21-6-3)16(19)15(20-5-2)12-14(18)13-10-8-7-9-11-13/h7-12H,4-6H2,1-3H3. The zero-order chi connectivity index (χ0) is 15.7. The molecular weight excluding hydrogens is 270 g/mol. The molecule has 0 aliphatic rings. The summed E-state index contributed by atoms with van der Waals surface area (Å²) in [4.78, 5) is 29.6. The van der Waals surface area contributed by atoms with Crippen LogP contribution in [0.25, 0.3) is 0 Å². The van der Waals surface area contributed by atoms with Crippen molar-refractivity contribution in [2.24, 2.45) is 0 Å². The molecule has 114 valence electrons. The van der Waals surface area contributed by atoms with E-state index in [0.29, 0.717) is 25.3 Å². The normalized spacial score (nSPS) is 11.1. The number of ether oxygens (including phenoxy) is 1. The number of carbonyl (C=O) groups is 2. The molecule has 0 aliphatic heterocycles. The van der Waals surface area contributed by atoms with Crippen molar-refractivity contribution in [2.75, 3.05) is 19.8 Å². The van der Waals surface area contributed by atoms with Crippen molar-refractivity contribution in [3.05, 3.63) is 47.7 Å². The van der Waals surface area contributed by atoms with Gasteiger partial charge in [0.25, 0.3) is 0 Å². The van der Waals surface area contributed by atoms with Crippen LogP contribution >= 0.6 is 0 Å². The van der Waals surface area contributed by atoms with Crippen LogP contribution in [0.15, 0.2) is 42.2 Å². The quantitative estimate of drug-likeness (QED) is 0.320. The lowest BCUT2D eigenvalue weighted by Crippen LogP contribution is -2.33. The zero-order valence-corrected chi connectivity index (χ0v) is 12.7. The first-order valence-electron chi connectivity index (χ1n) is 7.02. The Morgan fingerprint density at radius 1 is 1.10 bits per heavy atom. The zero-order valence-electron chi connectivity index (χ0n) is 12.7. The molecule has 0 unspecified atom stereocenters. The van der Waals surface area contributed by atoms with Crippen molar-refractivity contribution in [2.45, 2.75) is 20.8 Å². The summed E-state index contributed by atoms with van der Waals surface area (Å²) in [5.41, 5.74) is 0.502. The Morgan fingerprint density at radius 2 is 1.76 bits per heavy atom. The Kier molecular flexibility index (Phi) is 7.18. The summed E-state index contributed by atoms with van der Waals surface area (Å²) in [6.45, 7) is 6.36. The summed E-state index contributed by atoms with van der Waals surface area (Å²) in [6.07, 6.45) is 1.21. The highest BCUT2D eigenvalue weighted by molar-refractivity contribution is 6.08. The number of carbonyl (C=O) groups excluding carboxylic acids is 2. The van der Waals surface area contributed by atoms with Gasteiger partial charge in [-0.15, -0.1) is 0 Å². The van der Waals surface area contributed by atoms with E-state index in [9.17, 15) is 9.59 Å². The van der Waals surface area contributed by atoms with E-state index in [2.05, 4.69) is 0 Å². The van der Waals surface area contributed by atoms with Crippen LogP contribution in [0.3, 0.4) is 0 Å². The van der Waals surface area contributed by atoms with Crippen LogP contribution < -0.4 is 0 Å². The van der Waals surface area contributed by atoms with Crippen LogP contribution in [0.4, 0.5) is 0 Å². The molecule has 0 saturated heterocycles. The average Bonchev–Trinajstić information content (AvgIpc) is 2.52. The Labute approximate surface area is 125 Å². The first-order chi connectivity index (χ1) is 10.1. The molecule has 1 aromatic carbocycles. The Balaban J connectivity index is 2.97. The lowest BCUT2D eigenvalue weighted by atomic mass is 10.1. The molecule has 0 spiro atoms. The first kappa shape index (κ1) is 16.9. The molecule has 0 heterocycles. The summed E-state index contributed by atoms with van der Waals surface area (Å²) in [7, 11) is 0. The summed E-state index contributed by atoms with van der Waals surface area (Å²) in [5.74, 6) is -0.743. The molecule has 5 heteroatoms. The van der Waals surface area contributed by atoms with E-state index in [4.69, 9.17) is 9.57 Å². The van der Waals surface area contributed by atoms with Crippen molar-refractivity contribution < 1.29 is 19.2 Å². The molecule has 0 radical (unpaired) electrons. The first-order valence-corrected chi connectivity index (χ1v) is 7.02. The number of hydrogen-bond acceptors (Lipinski definition) is 4. The second kappa shape index (κ2) is 8.92. The molecule has 0 N–H and O–H groups in total. The number of allylic oxidation sites excluding steroid dienone is 1. The van der Waals surface area contributed by atoms with Gasteiger partial charge in [-0.1, -0.05) is 30.3 Å². The third-order valence-corrected chi connectivity index (χ3v) is 2.63. The van der Waals surface area contributed by atoms with Gasteiger partial charge in [-0.25, -0.2) is 5.06 Å². The lowest BCUT2D eigenvalue weighted by molar-refractivity contribution is -0.182. The maximum Gasteiger partial charge on any atom is 0.312 e. The molecule has 0 atom stereocenters. The van der Waals surface area contributed by atoms with Crippen LogP contribution in [0, 0.1) is 0 Å². The smallest absolute Gasteiger partial charge is 0.312 e. The summed E-state index contributed by atoms with van der Waals surface area (Å²) in [5, 5.41) is 1.18. The molecule has 5 nitrogen and oxygen atoms in total. The topological polar surface area (TPSA) is 55.8 Å². The van der Waals surface area contributed by atoms with Gasteiger partial charge >= 0.3 is 5.91 Å². The molecule has 1 rings (SSSR count). The second-order valence-electron chi connectivity index (χ2n) is 4.09. The van der Waals surface area contributed by atoms with E-state index in [1.807, 2.05) is 6.07 Å². The predicted octanol–water partition coefficient (Wildman–Crippen LogP) is 2.59. The molecule has 1 aromatic rings. The molecule has 1 amide bonds. The number of hydrogen-bond donors (Lipinski definition) is 0. The van der Waals surface area contributed by atoms with E-state index in [-0.39, 0.29) is 11.5 Å². The number of rotatable bonds is 8. The monoisotopic (exact) mass is 291 g/mol. The number of ketones is 1. The molecule has 0 fully saturated rings. The minimum atomic E-state index is -0.453. The van der Waals surface area contributed by atoms with Crippen molar-refractivity contribution >= 4 is 11.7 Å². The second-order valence-corrected chi connectivity index (χ2v) is 4.09. The molecule has 0 bridgehead atoms. The van der Waals surface area contributed by atoms with Gasteiger partial charge in [-0.3, -0.25) is 14.4 Å². The highest BCUT2D eigenvalue weighted by Crippen LogP contribution is 2.09. The number of hydroxylamine groups is 2. The molecule has 21 heavy (non-hydrogen) atoms. The van der Waals surface area contributed by atoms with Gasteiger partial charge in [0, 0.05) is 18.2 Å². The minimum Gasteiger partial charge on any atom is -0.488 e. The molecule has 0 aromatic heterocycles. The number of likely N-dealkylation sites (N-methyl/N-ethyl adjacent to an activating group) is 1. The predicted molar refractivity (Wildman–Crippen MR) is 79.5 cm³/mol. The van der Waals surface area contributed by atoms with Crippen LogP contribution in [0.5, 0.6) is 0 Å². The van der Waals surface area contributed by atoms with Gasteiger partial charge in [-0.05, 0) is 20.8 Å². The Bertz CT molecular complexity index is 496. The van der Waals surface area contributed by atoms with Gasteiger partial charge in [0.05, 0.1) is 13.2 Å². The van der Waals surface area contributed by atoms with E-state index < -0.39 is 5.91 Å². The summed E-state index contributed by atoms with van der Waals surface area (Å²) >= 11 is 0. The largest absolute Gasteiger partial charge is 0.488 e. The van der Waals surface area contributed by atoms with Crippen LogP contribution in [-0.4, -0.2) is 36.5 Å². The summed E-state index contributed by atoms with van der Waals surface area (Å²) < 4.78 is 5.29. The Morgan fingerprint density at radius 3 is 2.29 bits per heavy atom. The van der Waals surface area contributed by atoms with E-state index in [0.717, 1.165) is 0 Å². The fourth-order valence-corrected chi connectivity index (χ4v) is 1.70. The minimum absolute atomic E-state index is 0.0124. The van der Waals surface area contributed by atoms with Gasteiger partial charge in [0.15, 0.2) is 11.5 Å². The lowest BCUT2D eigenvalue weighted by Gasteiger charge is -2.20. The van der Waals surface area contributed by atoms with Gasteiger partial charge in [0.2, 0.25) is 0 Å². The van der Waals surface area contributed by atoms with E-state index >= 15 is 0 Å². The van der Waals surface area contributed by atoms with E-state index in [1.54, 1.807) is 45.0 Å². The van der Waals surface area contributed by atoms with Gasteiger partial charge in [0.1, 0.15) is 0 Å². The van der Waals surface area contributed by atoms with Crippen molar-refractivity contribution in [3.63, 3.8) is 0 Å². The number of amides is 1. The molecule has 0 saturated carbocycles. The molecular formula is C16H21NO4. The summed E-state index contributed by atoms with van der Waals surface area (Å²) in [6, 6.07) is 8.73. The van der Waals surface area contributed by atoms with Crippen molar-refractivity contribution in [1.82, 2.24) is 5.06 Å². The van der Waals surface area contributed by atoms with Crippen molar-refractivity contribution in [3.8, 4) is 0 Å². The van der Waals surface area contributed by atoms with Crippen LogP contribution in [0.2, 0.25) is 0 Å². The fourth-order valence-electron chi connectivity index (χ4n) is 1.70. The van der Waals surface area contributed by atoms with Gasteiger partial charge in [-0.2, -0.15) is 0 Å². The van der Waals surface area contributed by atoms with Gasteiger partial charge < -0.3 is 4.74 Å².